The molecule has 0 saturated carbocycles. The monoisotopic (exact) mass is 758 g/mol. The van der Waals surface area contributed by atoms with Crippen molar-refractivity contribution in [1.29, 1.82) is 0 Å². The molecule has 20 nitrogen and oxygen atoms in total. The number of carbonyl (C=O) groups excluding carboxylic acids is 2. The lowest BCUT2D eigenvalue weighted by Crippen LogP contribution is -2.37. The summed E-state index contributed by atoms with van der Waals surface area (Å²) in [4.78, 5) is 28.2. The first-order valence-electron chi connectivity index (χ1n) is 16.3. The Bertz CT molecular complexity index is 1900. The van der Waals surface area contributed by atoms with Crippen LogP contribution in [0.25, 0.3) is 0 Å². The molecule has 0 bridgehead atoms. The first-order chi connectivity index (χ1) is 26.1. The van der Waals surface area contributed by atoms with Crippen LogP contribution in [0.15, 0.2) is 95.1 Å². The first kappa shape index (κ1) is 41.4. The molecule has 55 heavy (non-hydrogen) atoms. The van der Waals surface area contributed by atoms with Crippen LogP contribution in [0, 0.1) is 46.5 Å². The summed E-state index contributed by atoms with van der Waals surface area (Å²) in [7, 11) is 0. The molecular formula is C35H38N10O10-4. The van der Waals surface area contributed by atoms with Crippen LogP contribution < -0.4 is 42.4 Å². The number of para-hydroxylation sites is 2. The number of nitrogens with zero attached hydrogens (tertiary/aromatic N) is 6. The highest BCUT2D eigenvalue weighted by atomic mass is 16.8. The SMILES string of the molecule is C/C(=N/Nc1ccc(N([O-])[O-])cc1N(O)O)C(CC(C(=O)Nc1ccccc1C)/C(C)=N\Nc1ccc(N([O-])[O-])cc1N(O)O)C(=O)Nc1ccccc1C. The summed E-state index contributed by atoms with van der Waals surface area (Å²) in [5.41, 5.74) is 5.94. The predicted octanol–water partition coefficient (Wildman–Crippen LogP) is 6.25. The maximum absolute atomic E-state index is 14.1. The fraction of sp³-hybridized carbons (Fsp3) is 0.200. The van der Waals surface area contributed by atoms with Crippen molar-refractivity contribution in [3.05, 3.63) is 117 Å². The van der Waals surface area contributed by atoms with E-state index in [0.717, 1.165) is 35.4 Å². The van der Waals surface area contributed by atoms with Crippen molar-refractivity contribution in [3.8, 4) is 0 Å². The van der Waals surface area contributed by atoms with Gasteiger partial charge in [-0.2, -0.15) is 10.2 Å². The average Bonchev–Trinajstić information content (AvgIpc) is 3.14. The van der Waals surface area contributed by atoms with Gasteiger partial charge in [-0.3, -0.25) is 41.3 Å². The Morgan fingerprint density at radius 3 is 1.29 bits per heavy atom. The number of anilines is 8. The molecule has 0 radical (unpaired) electrons. The summed E-state index contributed by atoms with van der Waals surface area (Å²) >= 11 is 0. The highest BCUT2D eigenvalue weighted by Crippen LogP contribution is 2.32. The summed E-state index contributed by atoms with van der Waals surface area (Å²) in [6, 6.07) is 20.3. The number of hydrazone groups is 2. The number of hydrogen-bond acceptors (Lipinski definition) is 18. The summed E-state index contributed by atoms with van der Waals surface area (Å²) in [5.74, 6) is -3.55. The van der Waals surface area contributed by atoms with Crippen LogP contribution in [-0.4, -0.2) is 44.1 Å². The maximum atomic E-state index is 14.1. The fourth-order valence-electron chi connectivity index (χ4n) is 5.28. The van der Waals surface area contributed by atoms with Crippen LogP contribution in [0.1, 0.15) is 31.4 Å². The highest BCUT2D eigenvalue weighted by Gasteiger charge is 2.32. The fourth-order valence-corrected chi connectivity index (χ4v) is 5.28. The second-order valence-corrected chi connectivity index (χ2v) is 12.2. The number of amides is 2. The molecule has 4 rings (SSSR count). The van der Waals surface area contributed by atoms with Gasteiger partial charge in [0.2, 0.25) is 11.8 Å². The number of aryl methyl sites for hydroxylation is 2. The number of carbonyl (C=O) groups is 2. The molecule has 2 atom stereocenters. The molecule has 4 aromatic rings. The zero-order valence-electron chi connectivity index (χ0n) is 29.9. The second kappa shape index (κ2) is 18.6. The molecule has 0 heterocycles. The topological polar surface area (TPSA) is 293 Å². The van der Waals surface area contributed by atoms with Gasteiger partial charge in [-0.15, -0.1) is 10.5 Å². The molecule has 0 aliphatic heterocycles. The zero-order valence-corrected chi connectivity index (χ0v) is 29.9. The van der Waals surface area contributed by atoms with Crippen LogP contribution in [0.5, 0.6) is 0 Å². The molecule has 0 spiro atoms. The Labute approximate surface area is 314 Å². The minimum absolute atomic E-state index is 0.0792. The van der Waals surface area contributed by atoms with Crippen LogP contribution in [0.4, 0.5) is 45.5 Å². The quantitative estimate of drug-likeness (QED) is 0.0462. The van der Waals surface area contributed by atoms with E-state index in [1.54, 1.807) is 62.4 Å². The Morgan fingerprint density at radius 2 is 0.964 bits per heavy atom. The normalized spacial score (nSPS) is 12.7. The van der Waals surface area contributed by atoms with E-state index < -0.39 is 56.9 Å². The van der Waals surface area contributed by atoms with Gasteiger partial charge in [0.1, 0.15) is 11.4 Å². The van der Waals surface area contributed by atoms with Crippen LogP contribution in [0.2, 0.25) is 0 Å². The minimum Gasteiger partial charge on any atom is -0.769 e. The smallest absolute Gasteiger partial charge is 0.233 e. The summed E-state index contributed by atoms with van der Waals surface area (Å²) < 4.78 is 0. The molecule has 292 valence electrons. The number of hydrogen-bond donors (Lipinski definition) is 8. The largest absolute Gasteiger partial charge is 0.769 e. The molecule has 2 unspecified atom stereocenters. The summed E-state index contributed by atoms with van der Waals surface area (Å²) in [6.45, 7) is 6.53. The number of nitrogens with one attached hydrogen (secondary N) is 4. The minimum atomic E-state index is -1.19. The van der Waals surface area contributed by atoms with Crippen molar-refractivity contribution in [2.75, 3.05) is 42.4 Å². The number of benzene rings is 4. The van der Waals surface area contributed by atoms with Gasteiger partial charge in [0, 0.05) is 34.2 Å². The lowest BCUT2D eigenvalue weighted by Gasteiger charge is -2.37. The molecule has 0 fully saturated rings. The van der Waals surface area contributed by atoms with E-state index in [2.05, 4.69) is 31.7 Å². The predicted molar refractivity (Wildman–Crippen MR) is 208 cm³/mol. The third kappa shape index (κ3) is 10.8. The molecule has 0 saturated heterocycles. The van der Waals surface area contributed by atoms with Crippen LogP contribution in [-0.2, 0) is 9.59 Å². The summed E-state index contributed by atoms with van der Waals surface area (Å²) in [5, 5.41) is 96.3. The molecule has 0 aromatic heterocycles. The van der Waals surface area contributed by atoms with Gasteiger partial charge in [0.05, 0.1) is 23.2 Å². The molecule has 0 aliphatic rings. The van der Waals surface area contributed by atoms with Gasteiger partial charge in [-0.1, -0.05) is 36.4 Å². The van der Waals surface area contributed by atoms with Gasteiger partial charge < -0.3 is 41.9 Å². The molecule has 4 aromatic carbocycles. The van der Waals surface area contributed by atoms with E-state index in [0.29, 0.717) is 11.4 Å². The van der Waals surface area contributed by atoms with E-state index in [9.17, 15) is 51.2 Å². The highest BCUT2D eigenvalue weighted by molar-refractivity contribution is 6.13. The lowest BCUT2D eigenvalue weighted by atomic mass is 9.87. The van der Waals surface area contributed by atoms with Gasteiger partial charge in [0.25, 0.3) is 0 Å². The van der Waals surface area contributed by atoms with E-state index >= 15 is 0 Å². The van der Waals surface area contributed by atoms with E-state index in [1.807, 2.05) is 0 Å². The molecule has 2 amide bonds. The lowest BCUT2D eigenvalue weighted by molar-refractivity contribution is -0.120. The van der Waals surface area contributed by atoms with Crippen molar-refractivity contribution in [2.45, 2.75) is 34.1 Å². The van der Waals surface area contributed by atoms with Crippen molar-refractivity contribution >= 4 is 68.7 Å². The Balaban J connectivity index is 1.77. The first-order valence-corrected chi connectivity index (χ1v) is 16.3. The zero-order chi connectivity index (χ0) is 40.4. The van der Waals surface area contributed by atoms with E-state index in [4.69, 9.17) is 0 Å². The van der Waals surface area contributed by atoms with Crippen molar-refractivity contribution < 1.29 is 30.4 Å². The molecule has 8 N–H and O–H groups in total. The van der Waals surface area contributed by atoms with Crippen molar-refractivity contribution in [2.24, 2.45) is 22.0 Å². The van der Waals surface area contributed by atoms with E-state index in [-0.39, 0.29) is 39.7 Å². The van der Waals surface area contributed by atoms with Crippen molar-refractivity contribution in [3.63, 3.8) is 0 Å². The standard InChI is InChI=1S/C35H38N10O10/c1-20-9-5-7-11-28(20)36-34(46)26(22(3)38-40-30-15-13-24(42(48)49)17-32(30)44(52)53)19-27(35(47)37-29-12-8-6-10-21(29)2)23(4)39-41-31-16-14-25(43(50)51)18-33(31)45(54)55/h5-18,26-27,40-41,52-55H,19H2,1-4H3,(H,36,46)(H,37,47)/q-4/b38-22-,39-23-. The Hall–Kier alpha value is -6.36. The Kier molecular flexibility index (Phi) is 14.0. The maximum Gasteiger partial charge on any atom is 0.233 e. The van der Waals surface area contributed by atoms with Crippen LogP contribution >= 0.6 is 0 Å². The van der Waals surface area contributed by atoms with Gasteiger partial charge in [-0.05, 0) is 93.8 Å². The third-order valence-corrected chi connectivity index (χ3v) is 8.44. The van der Waals surface area contributed by atoms with Crippen molar-refractivity contribution in [1.82, 2.24) is 0 Å². The van der Waals surface area contributed by atoms with Crippen LogP contribution in [0.3, 0.4) is 0 Å². The Morgan fingerprint density at radius 1 is 0.600 bits per heavy atom. The van der Waals surface area contributed by atoms with Gasteiger partial charge >= 0.3 is 0 Å². The molecule has 20 heteroatoms. The van der Waals surface area contributed by atoms with Gasteiger partial charge in [0.15, 0.2) is 0 Å². The molecular weight excluding hydrogens is 720 g/mol. The van der Waals surface area contributed by atoms with E-state index in [1.165, 1.54) is 26.0 Å². The third-order valence-electron chi connectivity index (χ3n) is 8.44. The molecule has 0 aliphatic carbocycles. The van der Waals surface area contributed by atoms with Gasteiger partial charge in [-0.25, -0.2) is 0 Å². The summed E-state index contributed by atoms with van der Waals surface area (Å²) in [6.07, 6.45) is -0.262. The average molecular weight is 759 g/mol. The number of rotatable bonds is 16. The second-order valence-electron chi connectivity index (χ2n) is 12.2.